The molecule has 1 N–H and O–H groups in total. The van der Waals surface area contributed by atoms with Crippen molar-refractivity contribution < 1.29 is 17.9 Å². The highest BCUT2D eigenvalue weighted by atomic mass is 32.2. The van der Waals surface area contributed by atoms with Crippen LogP contribution < -0.4 is 14.4 Å². The van der Waals surface area contributed by atoms with Crippen LogP contribution in [0.15, 0.2) is 48.5 Å². The molecule has 0 fully saturated rings. The first-order valence-corrected chi connectivity index (χ1v) is 11.3. The molecule has 0 saturated carbocycles. The predicted molar refractivity (Wildman–Crippen MR) is 113 cm³/mol. The number of amides is 1. The molecule has 0 bridgehead atoms. The van der Waals surface area contributed by atoms with Gasteiger partial charge in [-0.2, -0.15) is 0 Å². The molecule has 0 aliphatic rings. The van der Waals surface area contributed by atoms with Crippen LogP contribution in [-0.2, 0) is 21.2 Å². The van der Waals surface area contributed by atoms with Crippen LogP contribution in [0.4, 0.5) is 11.4 Å². The quantitative estimate of drug-likeness (QED) is 0.653. The standard InChI is InChI=1S/C21H28N2O4S/c1-4-17-11-13-19(14-12-17)23(28(3,25)26)15-7-10-21(24)22-18-8-6-9-20(16-18)27-5-2/h6,8-9,11-14,16H,4-5,7,10,15H2,1-3H3,(H,22,24). The number of hydrogen-bond donors (Lipinski definition) is 1. The maximum Gasteiger partial charge on any atom is 0.232 e. The van der Waals surface area contributed by atoms with Crippen molar-refractivity contribution in [1.82, 2.24) is 0 Å². The van der Waals surface area contributed by atoms with Crippen molar-refractivity contribution in [3.8, 4) is 5.75 Å². The molecule has 0 aromatic heterocycles. The molecule has 0 radical (unpaired) electrons. The Bertz CT molecular complexity index is 880. The molecule has 7 heteroatoms. The summed E-state index contributed by atoms with van der Waals surface area (Å²) in [4.78, 5) is 12.2. The van der Waals surface area contributed by atoms with Gasteiger partial charge in [0, 0.05) is 24.7 Å². The lowest BCUT2D eigenvalue weighted by Gasteiger charge is -2.22. The molecular formula is C21H28N2O4S. The summed E-state index contributed by atoms with van der Waals surface area (Å²) in [7, 11) is -3.42. The number of carbonyl (C=O) groups is 1. The fourth-order valence-corrected chi connectivity index (χ4v) is 3.79. The number of hydrogen-bond acceptors (Lipinski definition) is 4. The molecular weight excluding hydrogens is 376 g/mol. The van der Waals surface area contributed by atoms with Crippen molar-refractivity contribution in [3.05, 3.63) is 54.1 Å². The van der Waals surface area contributed by atoms with E-state index in [0.717, 1.165) is 12.0 Å². The minimum atomic E-state index is -3.42. The van der Waals surface area contributed by atoms with Gasteiger partial charge in [-0.3, -0.25) is 9.10 Å². The number of sulfonamides is 1. The van der Waals surface area contributed by atoms with Crippen molar-refractivity contribution in [2.75, 3.05) is 29.0 Å². The summed E-state index contributed by atoms with van der Waals surface area (Å²) in [5.41, 5.74) is 2.42. The van der Waals surface area contributed by atoms with Gasteiger partial charge in [-0.1, -0.05) is 25.1 Å². The van der Waals surface area contributed by atoms with E-state index in [2.05, 4.69) is 5.32 Å². The van der Waals surface area contributed by atoms with Gasteiger partial charge >= 0.3 is 0 Å². The highest BCUT2D eigenvalue weighted by Crippen LogP contribution is 2.20. The average Bonchev–Trinajstić information content (AvgIpc) is 2.65. The maximum atomic E-state index is 12.2. The molecule has 0 aliphatic heterocycles. The van der Waals surface area contributed by atoms with Crippen LogP contribution in [0.1, 0.15) is 32.3 Å². The molecule has 2 aromatic carbocycles. The minimum Gasteiger partial charge on any atom is -0.494 e. The normalized spacial score (nSPS) is 11.1. The highest BCUT2D eigenvalue weighted by Gasteiger charge is 2.17. The van der Waals surface area contributed by atoms with Crippen molar-refractivity contribution in [2.45, 2.75) is 33.1 Å². The number of ether oxygens (including phenoxy) is 1. The number of nitrogens with one attached hydrogen (secondary N) is 1. The van der Waals surface area contributed by atoms with Crippen molar-refractivity contribution in [1.29, 1.82) is 0 Å². The SMILES string of the molecule is CCOc1cccc(NC(=O)CCCN(c2ccc(CC)cc2)S(C)(=O)=O)c1. The smallest absolute Gasteiger partial charge is 0.232 e. The average molecular weight is 405 g/mol. The third-order valence-electron chi connectivity index (χ3n) is 4.23. The molecule has 152 valence electrons. The van der Waals surface area contributed by atoms with Gasteiger partial charge in [-0.15, -0.1) is 0 Å². The van der Waals surface area contributed by atoms with Crippen LogP contribution in [0, 0.1) is 0 Å². The summed E-state index contributed by atoms with van der Waals surface area (Å²) < 4.78 is 31.1. The summed E-state index contributed by atoms with van der Waals surface area (Å²) in [5.74, 6) is 0.530. The van der Waals surface area contributed by atoms with Gasteiger partial charge in [-0.25, -0.2) is 8.42 Å². The zero-order chi connectivity index (χ0) is 20.6. The maximum absolute atomic E-state index is 12.2. The molecule has 0 saturated heterocycles. The second kappa shape index (κ2) is 10.1. The number of nitrogens with zero attached hydrogens (tertiary/aromatic N) is 1. The fraction of sp³-hybridized carbons (Fsp3) is 0.381. The third kappa shape index (κ3) is 6.56. The molecule has 6 nitrogen and oxygen atoms in total. The van der Waals surface area contributed by atoms with Crippen LogP contribution in [0.5, 0.6) is 5.75 Å². The van der Waals surface area contributed by atoms with E-state index in [1.165, 1.54) is 10.6 Å². The van der Waals surface area contributed by atoms with Gasteiger partial charge in [0.25, 0.3) is 0 Å². The number of rotatable bonds is 10. The molecule has 0 unspecified atom stereocenters. The Labute approximate surface area is 167 Å². The summed E-state index contributed by atoms with van der Waals surface area (Å²) >= 11 is 0. The predicted octanol–water partition coefficient (Wildman–Crippen LogP) is 3.83. The molecule has 2 rings (SSSR count). The van der Waals surface area contributed by atoms with Gasteiger partial charge < -0.3 is 10.1 Å². The Morgan fingerprint density at radius 3 is 2.43 bits per heavy atom. The molecule has 2 aromatic rings. The Kier molecular flexibility index (Phi) is 7.87. The van der Waals surface area contributed by atoms with Crippen LogP contribution in [-0.4, -0.2) is 33.7 Å². The topological polar surface area (TPSA) is 75.7 Å². The van der Waals surface area contributed by atoms with E-state index in [9.17, 15) is 13.2 Å². The number of anilines is 2. The largest absolute Gasteiger partial charge is 0.494 e. The van der Waals surface area contributed by atoms with E-state index in [4.69, 9.17) is 4.74 Å². The van der Waals surface area contributed by atoms with Crippen LogP contribution in [0.3, 0.4) is 0 Å². The fourth-order valence-electron chi connectivity index (χ4n) is 2.82. The summed E-state index contributed by atoms with van der Waals surface area (Å²) in [5, 5.41) is 2.82. The summed E-state index contributed by atoms with van der Waals surface area (Å²) in [6.45, 7) is 4.75. The number of aryl methyl sites for hydroxylation is 1. The van der Waals surface area contributed by atoms with E-state index < -0.39 is 10.0 Å². The van der Waals surface area contributed by atoms with Crippen LogP contribution in [0.2, 0.25) is 0 Å². The van der Waals surface area contributed by atoms with E-state index in [0.29, 0.717) is 30.2 Å². The Morgan fingerprint density at radius 2 is 1.82 bits per heavy atom. The molecule has 0 atom stereocenters. The first-order valence-electron chi connectivity index (χ1n) is 9.42. The second-order valence-corrected chi connectivity index (χ2v) is 8.37. The van der Waals surface area contributed by atoms with E-state index in [1.807, 2.05) is 38.1 Å². The molecule has 0 aliphatic carbocycles. The lowest BCUT2D eigenvalue weighted by molar-refractivity contribution is -0.116. The third-order valence-corrected chi connectivity index (χ3v) is 5.42. The Balaban J connectivity index is 1.94. The lowest BCUT2D eigenvalue weighted by Crippen LogP contribution is -2.31. The van der Waals surface area contributed by atoms with Gasteiger partial charge in [0.05, 0.1) is 18.6 Å². The van der Waals surface area contributed by atoms with Gasteiger partial charge in [-0.05, 0) is 49.6 Å². The number of benzene rings is 2. The van der Waals surface area contributed by atoms with Gasteiger partial charge in [0.15, 0.2) is 0 Å². The highest BCUT2D eigenvalue weighted by molar-refractivity contribution is 7.92. The Hall–Kier alpha value is -2.54. The van der Waals surface area contributed by atoms with Crippen molar-refractivity contribution in [3.63, 3.8) is 0 Å². The molecule has 0 spiro atoms. The van der Waals surface area contributed by atoms with Gasteiger partial charge in [0.1, 0.15) is 5.75 Å². The van der Waals surface area contributed by atoms with Crippen molar-refractivity contribution in [2.24, 2.45) is 0 Å². The zero-order valence-electron chi connectivity index (χ0n) is 16.6. The molecule has 28 heavy (non-hydrogen) atoms. The first-order chi connectivity index (χ1) is 13.3. The van der Waals surface area contributed by atoms with Crippen LogP contribution >= 0.6 is 0 Å². The van der Waals surface area contributed by atoms with E-state index in [-0.39, 0.29) is 18.9 Å². The molecule has 0 heterocycles. The second-order valence-electron chi connectivity index (χ2n) is 6.47. The molecule has 1 amide bonds. The monoisotopic (exact) mass is 404 g/mol. The van der Waals surface area contributed by atoms with Gasteiger partial charge in [0.2, 0.25) is 15.9 Å². The minimum absolute atomic E-state index is 0.163. The van der Waals surface area contributed by atoms with E-state index >= 15 is 0 Å². The van der Waals surface area contributed by atoms with E-state index in [1.54, 1.807) is 24.3 Å². The lowest BCUT2D eigenvalue weighted by atomic mass is 10.1. The summed E-state index contributed by atoms with van der Waals surface area (Å²) in [6, 6.07) is 14.6. The first kappa shape index (κ1) is 21.8. The zero-order valence-corrected chi connectivity index (χ0v) is 17.5. The number of carbonyl (C=O) groups excluding carboxylic acids is 1. The Morgan fingerprint density at radius 1 is 1.11 bits per heavy atom. The van der Waals surface area contributed by atoms with Crippen LogP contribution in [0.25, 0.3) is 0 Å². The van der Waals surface area contributed by atoms with Crippen molar-refractivity contribution >= 4 is 27.3 Å². The summed E-state index contributed by atoms with van der Waals surface area (Å²) in [6.07, 6.45) is 2.71.